The summed E-state index contributed by atoms with van der Waals surface area (Å²) in [5, 5.41) is 9.27. The smallest absolute Gasteiger partial charge is 0.160 e. The lowest BCUT2D eigenvalue weighted by Gasteiger charge is -2.05. The Morgan fingerprint density at radius 3 is 2.33 bits per heavy atom. The van der Waals surface area contributed by atoms with Crippen molar-refractivity contribution >= 4 is 34.2 Å². The molecule has 21 heavy (non-hydrogen) atoms. The van der Waals surface area contributed by atoms with Gasteiger partial charge >= 0.3 is 0 Å². The molecule has 2 nitrogen and oxygen atoms in total. The molecule has 1 heterocycles. The van der Waals surface area contributed by atoms with Crippen molar-refractivity contribution in [2.45, 2.75) is 20.8 Å². The molecular formula is C17H12ClIN2. The van der Waals surface area contributed by atoms with Gasteiger partial charge < -0.3 is 0 Å². The van der Waals surface area contributed by atoms with Crippen molar-refractivity contribution in [2.24, 2.45) is 0 Å². The molecule has 104 valence electrons. The molecule has 0 bridgehead atoms. The van der Waals surface area contributed by atoms with Gasteiger partial charge in [-0.15, -0.1) is 0 Å². The van der Waals surface area contributed by atoms with Gasteiger partial charge in [0.15, 0.2) is 5.69 Å². The highest BCUT2D eigenvalue weighted by atomic mass is 127. The minimum Gasteiger partial charge on any atom is -0.243 e. The number of halogens is 2. The van der Waals surface area contributed by atoms with Crippen LogP contribution in [-0.4, -0.2) is 4.98 Å². The minimum absolute atomic E-state index is 0.231. The molecule has 2 aromatic rings. The van der Waals surface area contributed by atoms with Crippen LogP contribution in [0.1, 0.15) is 33.5 Å². The van der Waals surface area contributed by atoms with Gasteiger partial charge in [0, 0.05) is 11.8 Å². The van der Waals surface area contributed by atoms with Crippen LogP contribution in [-0.2, 0) is 0 Å². The van der Waals surface area contributed by atoms with Crippen LogP contribution in [0.3, 0.4) is 0 Å². The highest BCUT2D eigenvalue weighted by Gasteiger charge is 2.09. The van der Waals surface area contributed by atoms with E-state index < -0.39 is 0 Å². The van der Waals surface area contributed by atoms with Crippen molar-refractivity contribution in [1.82, 2.24) is 4.98 Å². The van der Waals surface area contributed by atoms with E-state index in [1.54, 1.807) is 6.20 Å². The zero-order chi connectivity index (χ0) is 15.6. The van der Waals surface area contributed by atoms with Crippen LogP contribution < -0.4 is 0 Å². The molecule has 0 atom stereocenters. The molecule has 0 saturated carbocycles. The fourth-order valence-corrected chi connectivity index (χ4v) is 2.86. The van der Waals surface area contributed by atoms with E-state index in [-0.39, 0.29) is 5.69 Å². The average Bonchev–Trinajstić information content (AvgIpc) is 2.42. The van der Waals surface area contributed by atoms with Crippen LogP contribution in [0.2, 0.25) is 5.02 Å². The monoisotopic (exact) mass is 406 g/mol. The molecule has 1 aromatic heterocycles. The number of pyridine rings is 1. The predicted molar refractivity (Wildman–Crippen MR) is 93.3 cm³/mol. The van der Waals surface area contributed by atoms with Crippen LogP contribution in [0.15, 0.2) is 18.3 Å². The maximum Gasteiger partial charge on any atom is 0.160 e. The maximum atomic E-state index is 8.90. The van der Waals surface area contributed by atoms with Gasteiger partial charge in [0.1, 0.15) is 6.07 Å². The summed E-state index contributed by atoms with van der Waals surface area (Å²) in [5.41, 5.74) is 5.53. The first kappa shape index (κ1) is 15.8. The molecule has 0 radical (unpaired) electrons. The molecule has 0 aliphatic carbocycles. The van der Waals surface area contributed by atoms with Crippen molar-refractivity contribution in [2.75, 3.05) is 0 Å². The lowest BCUT2D eigenvalue weighted by Crippen LogP contribution is -1.93. The Balaban J connectivity index is 2.51. The number of aromatic nitrogens is 1. The summed E-state index contributed by atoms with van der Waals surface area (Å²) in [7, 11) is 0. The first-order valence-electron chi connectivity index (χ1n) is 6.28. The Labute approximate surface area is 143 Å². The number of hydrogen-bond donors (Lipinski definition) is 0. The summed E-state index contributed by atoms with van der Waals surface area (Å²) in [6.07, 6.45) is 1.60. The summed E-state index contributed by atoms with van der Waals surface area (Å²) < 4.78 is 0.760. The van der Waals surface area contributed by atoms with E-state index >= 15 is 0 Å². The highest BCUT2D eigenvalue weighted by Crippen LogP contribution is 2.24. The lowest BCUT2D eigenvalue weighted by molar-refractivity contribution is 1.24. The third-order valence-corrected chi connectivity index (χ3v) is 4.87. The van der Waals surface area contributed by atoms with E-state index in [1.807, 2.05) is 6.07 Å². The van der Waals surface area contributed by atoms with Crippen molar-refractivity contribution in [1.29, 1.82) is 5.26 Å². The zero-order valence-corrected chi connectivity index (χ0v) is 14.8. The number of nitriles is 1. The highest BCUT2D eigenvalue weighted by molar-refractivity contribution is 14.1. The van der Waals surface area contributed by atoms with Gasteiger partial charge in [0.05, 0.1) is 14.2 Å². The Morgan fingerprint density at radius 2 is 1.76 bits per heavy atom. The standard InChI is InChI=1S/C17H12ClIN2/c1-10-6-11(2)14(12(3)7-10)5-4-13-9-21-15(8-20)16(18)17(13)19/h6-7,9H,1-3H3. The first-order chi connectivity index (χ1) is 9.93. The van der Waals surface area contributed by atoms with Gasteiger partial charge in [-0.05, 0) is 54.5 Å². The van der Waals surface area contributed by atoms with Crippen LogP contribution >= 0.6 is 34.2 Å². The first-order valence-corrected chi connectivity index (χ1v) is 7.73. The molecule has 2 rings (SSSR count). The van der Waals surface area contributed by atoms with Gasteiger partial charge in [-0.25, -0.2) is 4.98 Å². The normalized spacial score (nSPS) is 9.71. The molecule has 0 aliphatic rings. The van der Waals surface area contributed by atoms with Gasteiger partial charge in [-0.3, -0.25) is 0 Å². The van der Waals surface area contributed by atoms with Crippen LogP contribution in [0.5, 0.6) is 0 Å². The molecular weight excluding hydrogens is 395 g/mol. The zero-order valence-electron chi connectivity index (χ0n) is 11.9. The summed E-state index contributed by atoms with van der Waals surface area (Å²) in [4.78, 5) is 4.03. The molecule has 0 unspecified atom stereocenters. The van der Waals surface area contributed by atoms with Crippen molar-refractivity contribution in [3.8, 4) is 17.9 Å². The van der Waals surface area contributed by atoms with Gasteiger partial charge in [0.25, 0.3) is 0 Å². The fourth-order valence-electron chi connectivity index (χ4n) is 2.14. The third-order valence-electron chi connectivity index (χ3n) is 3.06. The number of nitrogens with zero attached hydrogens (tertiary/aromatic N) is 2. The minimum atomic E-state index is 0.231. The molecule has 1 aromatic carbocycles. The van der Waals surface area contributed by atoms with Gasteiger partial charge in [0.2, 0.25) is 0 Å². The molecule has 0 saturated heterocycles. The largest absolute Gasteiger partial charge is 0.243 e. The Bertz CT molecular complexity index is 800. The van der Waals surface area contributed by atoms with E-state index in [0.717, 1.165) is 25.8 Å². The second-order valence-electron chi connectivity index (χ2n) is 4.78. The summed E-state index contributed by atoms with van der Waals surface area (Å²) in [5.74, 6) is 6.30. The molecule has 0 N–H and O–H groups in total. The number of rotatable bonds is 0. The van der Waals surface area contributed by atoms with Crippen LogP contribution in [0, 0.1) is 47.5 Å². The third kappa shape index (κ3) is 3.37. The van der Waals surface area contributed by atoms with E-state index in [0.29, 0.717) is 5.02 Å². The van der Waals surface area contributed by atoms with E-state index in [9.17, 15) is 0 Å². The van der Waals surface area contributed by atoms with E-state index in [2.05, 4.69) is 72.3 Å². The van der Waals surface area contributed by atoms with Crippen LogP contribution in [0.4, 0.5) is 0 Å². The predicted octanol–water partition coefficient (Wildman–Crippen LogP) is 4.54. The lowest BCUT2D eigenvalue weighted by atomic mass is 10.00. The van der Waals surface area contributed by atoms with Crippen molar-refractivity contribution in [3.63, 3.8) is 0 Å². The number of hydrogen-bond acceptors (Lipinski definition) is 2. The second-order valence-corrected chi connectivity index (χ2v) is 6.24. The van der Waals surface area contributed by atoms with Gasteiger partial charge in [-0.1, -0.05) is 41.1 Å². The summed E-state index contributed by atoms with van der Waals surface area (Å²) >= 11 is 8.20. The Kier molecular flexibility index (Phi) is 4.88. The molecule has 0 spiro atoms. The second kappa shape index (κ2) is 6.47. The van der Waals surface area contributed by atoms with Crippen molar-refractivity contribution in [3.05, 3.63) is 60.4 Å². The average molecular weight is 407 g/mol. The quantitative estimate of drug-likeness (QED) is 0.476. The van der Waals surface area contributed by atoms with Crippen molar-refractivity contribution < 1.29 is 0 Å². The van der Waals surface area contributed by atoms with E-state index in [1.165, 1.54) is 5.56 Å². The van der Waals surface area contributed by atoms with Crippen LogP contribution in [0.25, 0.3) is 0 Å². The fraction of sp³-hybridized carbons (Fsp3) is 0.176. The molecule has 4 heteroatoms. The van der Waals surface area contributed by atoms with Gasteiger partial charge in [-0.2, -0.15) is 5.26 Å². The molecule has 0 amide bonds. The summed E-state index contributed by atoms with van der Waals surface area (Å²) in [6, 6.07) is 6.20. The summed E-state index contributed by atoms with van der Waals surface area (Å²) in [6.45, 7) is 6.18. The number of aryl methyl sites for hydroxylation is 3. The number of benzene rings is 1. The van der Waals surface area contributed by atoms with E-state index in [4.69, 9.17) is 16.9 Å². The molecule has 0 aliphatic heterocycles. The SMILES string of the molecule is Cc1cc(C)c(C#Cc2cnc(C#N)c(Cl)c2I)c(C)c1. The Hall–Kier alpha value is -1.56. The topological polar surface area (TPSA) is 36.7 Å². The molecule has 0 fully saturated rings. The maximum absolute atomic E-state index is 8.90. The Morgan fingerprint density at radius 1 is 1.14 bits per heavy atom.